The van der Waals surface area contributed by atoms with Gasteiger partial charge >= 0.3 is 0 Å². The van der Waals surface area contributed by atoms with Gasteiger partial charge in [-0.3, -0.25) is 4.98 Å². The van der Waals surface area contributed by atoms with Crippen LogP contribution in [0.1, 0.15) is 5.56 Å². The first-order valence-corrected chi connectivity index (χ1v) is 7.26. The van der Waals surface area contributed by atoms with E-state index in [0.717, 1.165) is 5.56 Å². The van der Waals surface area contributed by atoms with Gasteiger partial charge < -0.3 is 5.43 Å². The molecule has 0 aliphatic heterocycles. The number of hydrogen-bond donors (Lipinski definition) is 2. The van der Waals surface area contributed by atoms with E-state index in [1.54, 1.807) is 24.5 Å². The van der Waals surface area contributed by atoms with E-state index in [1.165, 1.54) is 29.7 Å². The standard InChI is InChI=1S/C12H15N5O2S/c1-17(9-10-2-5-14-6-3-10)20(18,19)11-4-7-15-12(8-11)16-13/h2-8H,9,13H2,1H3,(H,15,16). The fourth-order valence-corrected chi connectivity index (χ4v) is 2.83. The van der Waals surface area contributed by atoms with Gasteiger partial charge in [-0.25, -0.2) is 19.2 Å². The number of aromatic nitrogens is 2. The van der Waals surface area contributed by atoms with Gasteiger partial charge in [0.2, 0.25) is 10.0 Å². The molecule has 8 heteroatoms. The second kappa shape index (κ2) is 5.95. The third kappa shape index (κ3) is 3.10. The highest BCUT2D eigenvalue weighted by atomic mass is 32.2. The highest BCUT2D eigenvalue weighted by molar-refractivity contribution is 7.89. The van der Waals surface area contributed by atoms with Crippen molar-refractivity contribution in [2.45, 2.75) is 11.4 Å². The molecule has 7 nitrogen and oxygen atoms in total. The summed E-state index contributed by atoms with van der Waals surface area (Å²) in [6.45, 7) is 0.262. The lowest BCUT2D eigenvalue weighted by atomic mass is 10.3. The maximum atomic E-state index is 12.4. The second-order valence-corrected chi connectivity index (χ2v) is 6.18. The van der Waals surface area contributed by atoms with Gasteiger partial charge in [-0.1, -0.05) is 0 Å². The van der Waals surface area contributed by atoms with Gasteiger partial charge in [0.25, 0.3) is 0 Å². The summed E-state index contributed by atoms with van der Waals surface area (Å²) in [7, 11) is -2.07. The molecule has 0 unspecified atom stereocenters. The van der Waals surface area contributed by atoms with Crippen LogP contribution in [0.25, 0.3) is 0 Å². The minimum atomic E-state index is -3.59. The maximum Gasteiger partial charge on any atom is 0.243 e. The molecule has 2 aromatic heterocycles. The zero-order valence-electron chi connectivity index (χ0n) is 10.9. The van der Waals surface area contributed by atoms with Crippen molar-refractivity contribution in [2.24, 2.45) is 5.84 Å². The molecule has 2 rings (SSSR count). The van der Waals surface area contributed by atoms with Gasteiger partial charge in [0.05, 0.1) is 4.90 Å². The number of nitrogen functional groups attached to an aromatic ring is 1. The first-order valence-electron chi connectivity index (χ1n) is 5.82. The number of nitrogens with zero attached hydrogens (tertiary/aromatic N) is 3. The molecule has 0 aliphatic carbocycles. The second-order valence-electron chi connectivity index (χ2n) is 4.14. The van der Waals surface area contributed by atoms with E-state index in [1.807, 2.05) is 0 Å². The topological polar surface area (TPSA) is 101 Å². The Hall–Kier alpha value is -2.03. The van der Waals surface area contributed by atoms with Crippen molar-refractivity contribution in [3.05, 3.63) is 48.4 Å². The number of pyridine rings is 2. The Kier molecular flexibility index (Phi) is 4.28. The summed E-state index contributed by atoms with van der Waals surface area (Å²) in [6.07, 6.45) is 4.64. The molecule has 20 heavy (non-hydrogen) atoms. The molecule has 0 spiro atoms. The Labute approximate surface area is 117 Å². The van der Waals surface area contributed by atoms with Crippen molar-refractivity contribution in [3.63, 3.8) is 0 Å². The average molecular weight is 293 g/mol. The van der Waals surface area contributed by atoms with Crippen molar-refractivity contribution in [3.8, 4) is 0 Å². The van der Waals surface area contributed by atoms with Crippen LogP contribution in [0.4, 0.5) is 5.82 Å². The molecule has 0 fully saturated rings. The molecule has 0 atom stereocenters. The number of nitrogens with one attached hydrogen (secondary N) is 1. The molecule has 0 amide bonds. The Morgan fingerprint density at radius 2 is 1.95 bits per heavy atom. The zero-order valence-corrected chi connectivity index (χ0v) is 11.7. The monoisotopic (exact) mass is 293 g/mol. The highest BCUT2D eigenvalue weighted by Gasteiger charge is 2.21. The van der Waals surface area contributed by atoms with Gasteiger partial charge in [-0.15, -0.1) is 0 Å². The molecule has 106 valence electrons. The normalized spacial score (nSPS) is 11.6. The van der Waals surface area contributed by atoms with E-state index in [0.29, 0.717) is 5.82 Å². The van der Waals surface area contributed by atoms with Crippen LogP contribution < -0.4 is 11.3 Å². The van der Waals surface area contributed by atoms with E-state index < -0.39 is 10.0 Å². The van der Waals surface area contributed by atoms with Gasteiger partial charge in [0, 0.05) is 38.2 Å². The highest BCUT2D eigenvalue weighted by Crippen LogP contribution is 2.18. The van der Waals surface area contributed by atoms with E-state index in [4.69, 9.17) is 5.84 Å². The predicted molar refractivity (Wildman–Crippen MR) is 74.9 cm³/mol. The number of hydrazine groups is 1. The number of anilines is 1. The van der Waals surface area contributed by atoms with Crippen LogP contribution in [-0.2, 0) is 16.6 Å². The number of hydrogen-bond acceptors (Lipinski definition) is 6. The summed E-state index contributed by atoms with van der Waals surface area (Å²) in [6, 6.07) is 6.36. The predicted octanol–water partition coefficient (Wildman–Crippen LogP) is 0.583. The number of nitrogens with two attached hydrogens (primary N) is 1. The smallest absolute Gasteiger partial charge is 0.243 e. The van der Waals surface area contributed by atoms with Crippen LogP contribution in [0.2, 0.25) is 0 Å². The van der Waals surface area contributed by atoms with Crippen LogP contribution in [0.15, 0.2) is 47.8 Å². The fraction of sp³-hybridized carbons (Fsp3) is 0.167. The lowest BCUT2D eigenvalue weighted by Crippen LogP contribution is -2.26. The maximum absolute atomic E-state index is 12.4. The minimum Gasteiger partial charge on any atom is -0.308 e. The van der Waals surface area contributed by atoms with E-state index in [-0.39, 0.29) is 11.4 Å². The lowest BCUT2D eigenvalue weighted by Gasteiger charge is -2.17. The first kappa shape index (κ1) is 14.4. The summed E-state index contributed by atoms with van der Waals surface area (Å²) >= 11 is 0. The quantitative estimate of drug-likeness (QED) is 0.618. The minimum absolute atomic E-state index is 0.136. The van der Waals surface area contributed by atoms with Crippen LogP contribution in [0, 0.1) is 0 Å². The van der Waals surface area contributed by atoms with Crippen LogP contribution in [0.5, 0.6) is 0 Å². The van der Waals surface area contributed by atoms with Gasteiger partial charge in [0.15, 0.2) is 0 Å². The van der Waals surface area contributed by atoms with Crippen molar-refractivity contribution in [1.82, 2.24) is 14.3 Å². The largest absolute Gasteiger partial charge is 0.308 e. The van der Waals surface area contributed by atoms with Crippen molar-refractivity contribution >= 4 is 15.8 Å². The van der Waals surface area contributed by atoms with Crippen LogP contribution >= 0.6 is 0 Å². The number of sulfonamides is 1. The van der Waals surface area contributed by atoms with Gasteiger partial charge in [0.1, 0.15) is 5.82 Å². The molecule has 2 aromatic rings. The molecule has 2 heterocycles. The van der Waals surface area contributed by atoms with E-state index >= 15 is 0 Å². The van der Waals surface area contributed by atoms with Crippen molar-refractivity contribution in [2.75, 3.05) is 12.5 Å². The summed E-state index contributed by atoms with van der Waals surface area (Å²) in [5, 5.41) is 0. The summed E-state index contributed by atoms with van der Waals surface area (Å²) in [5.74, 6) is 5.53. The molecule has 3 N–H and O–H groups in total. The third-order valence-corrected chi connectivity index (χ3v) is 4.54. The molecular weight excluding hydrogens is 278 g/mol. The molecule has 0 saturated carbocycles. The van der Waals surface area contributed by atoms with Gasteiger partial charge in [-0.2, -0.15) is 4.31 Å². The van der Waals surface area contributed by atoms with Crippen molar-refractivity contribution in [1.29, 1.82) is 0 Å². The molecular formula is C12H15N5O2S. The third-order valence-electron chi connectivity index (χ3n) is 2.74. The van der Waals surface area contributed by atoms with Crippen LogP contribution in [0.3, 0.4) is 0 Å². The lowest BCUT2D eigenvalue weighted by molar-refractivity contribution is 0.466. The Bertz CT molecular complexity index is 675. The SMILES string of the molecule is CN(Cc1ccncc1)S(=O)(=O)c1ccnc(NN)c1. The summed E-state index contributed by atoms with van der Waals surface area (Å²) < 4.78 is 26.1. The summed E-state index contributed by atoms with van der Waals surface area (Å²) in [5.41, 5.74) is 3.18. The first-order chi connectivity index (χ1) is 9.54. The van der Waals surface area contributed by atoms with Crippen LogP contribution in [-0.4, -0.2) is 29.7 Å². The Morgan fingerprint density at radius 3 is 2.60 bits per heavy atom. The molecule has 0 aliphatic rings. The molecule has 0 saturated heterocycles. The summed E-state index contributed by atoms with van der Waals surface area (Å²) in [4.78, 5) is 7.92. The van der Waals surface area contributed by atoms with E-state index in [9.17, 15) is 8.42 Å². The fourth-order valence-electron chi connectivity index (χ4n) is 1.66. The number of rotatable bonds is 5. The average Bonchev–Trinajstić information content (AvgIpc) is 2.48. The molecule has 0 radical (unpaired) electrons. The van der Waals surface area contributed by atoms with Crippen molar-refractivity contribution < 1.29 is 8.42 Å². The van der Waals surface area contributed by atoms with Gasteiger partial charge in [-0.05, 0) is 23.8 Å². The Morgan fingerprint density at radius 1 is 1.25 bits per heavy atom. The Balaban J connectivity index is 2.25. The van der Waals surface area contributed by atoms with E-state index in [2.05, 4.69) is 15.4 Å². The molecule has 0 bridgehead atoms. The molecule has 0 aromatic carbocycles. The zero-order chi connectivity index (χ0) is 14.6.